The Bertz CT molecular complexity index is 544. The molecule has 0 aliphatic carbocycles. The lowest BCUT2D eigenvalue weighted by atomic mass is 10.1. The summed E-state index contributed by atoms with van der Waals surface area (Å²) in [5, 5.41) is 0. The molecular formula is C38H78O13. The third-order valence-electron chi connectivity index (χ3n) is 7.25. The maximum absolute atomic E-state index is 5.59. The highest BCUT2D eigenvalue weighted by Gasteiger charge is 1.98. The molecule has 0 N–H and O–H groups in total. The van der Waals surface area contributed by atoms with Crippen LogP contribution in [0.4, 0.5) is 0 Å². The van der Waals surface area contributed by atoms with Crippen molar-refractivity contribution in [1.82, 2.24) is 0 Å². The molecule has 0 saturated carbocycles. The summed E-state index contributed by atoms with van der Waals surface area (Å²) in [6.45, 7) is 19.3. The van der Waals surface area contributed by atoms with Crippen LogP contribution in [0.15, 0.2) is 0 Å². The Morgan fingerprint density at radius 3 is 0.490 bits per heavy atom. The van der Waals surface area contributed by atoms with E-state index < -0.39 is 0 Å². The van der Waals surface area contributed by atoms with E-state index in [4.69, 9.17) is 61.6 Å². The monoisotopic (exact) mass is 743 g/mol. The normalized spacial score (nSPS) is 11.6. The van der Waals surface area contributed by atoms with Gasteiger partial charge in [0, 0.05) is 13.2 Å². The summed E-state index contributed by atoms with van der Waals surface area (Å²) in [6.07, 6.45) is 12.6. The van der Waals surface area contributed by atoms with Gasteiger partial charge in [0.1, 0.15) is 0 Å². The zero-order chi connectivity index (χ0) is 36.6. The van der Waals surface area contributed by atoms with E-state index in [0.717, 1.165) is 26.1 Å². The van der Waals surface area contributed by atoms with E-state index in [-0.39, 0.29) is 0 Å². The van der Waals surface area contributed by atoms with Gasteiger partial charge in [0.25, 0.3) is 0 Å². The topological polar surface area (TPSA) is 120 Å². The Labute approximate surface area is 311 Å². The van der Waals surface area contributed by atoms with Crippen LogP contribution < -0.4 is 0 Å². The Balaban J connectivity index is 3.04. The lowest BCUT2D eigenvalue weighted by Gasteiger charge is -2.09. The lowest BCUT2D eigenvalue weighted by molar-refractivity contribution is -0.0290. The van der Waals surface area contributed by atoms with Crippen molar-refractivity contribution in [2.24, 2.45) is 0 Å². The first-order valence-electron chi connectivity index (χ1n) is 19.9. The largest absolute Gasteiger partial charge is 0.379 e. The van der Waals surface area contributed by atoms with Gasteiger partial charge in [-0.2, -0.15) is 0 Å². The minimum Gasteiger partial charge on any atom is -0.379 e. The van der Waals surface area contributed by atoms with Gasteiger partial charge >= 0.3 is 0 Å². The molecule has 0 rings (SSSR count). The molecule has 0 saturated heterocycles. The van der Waals surface area contributed by atoms with Crippen LogP contribution in [0.5, 0.6) is 0 Å². The van der Waals surface area contributed by atoms with Crippen LogP contribution in [-0.4, -0.2) is 172 Å². The molecule has 13 nitrogen and oxygen atoms in total. The fourth-order valence-electron chi connectivity index (χ4n) is 4.36. The van der Waals surface area contributed by atoms with Crippen LogP contribution in [0.2, 0.25) is 0 Å². The zero-order valence-electron chi connectivity index (χ0n) is 32.8. The molecule has 13 heteroatoms. The first-order valence-corrected chi connectivity index (χ1v) is 19.9. The summed E-state index contributed by atoms with van der Waals surface area (Å²) in [6, 6.07) is 0. The molecule has 0 radical (unpaired) electrons. The predicted molar refractivity (Wildman–Crippen MR) is 198 cm³/mol. The van der Waals surface area contributed by atoms with Crippen molar-refractivity contribution in [3.05, 3.63) is 0 Å². The van der Waals surface area contributed by atoms with Gasteiger partial charge in [-0.1, -0.05) is 65.2 Å². The van der Waals surface area contributed by atoms with Crippen molar-refractivity contribution < 1.29 is 61.6 Å². The van der Waals surface area contributed by atoms with Gasteiger partial charge < -0.3 is 61.6 Å². The maximum Gasteiger partial charge on any atom is 0.0701 e. The first-order chi connectivity index (χ1) is 25.4. The van der Waals surface area contributed by atoms with Gasteiger partial charge in [-0.15, -0.1) is 0 Å². The quantitative estimate of drug-likeness (QED) is 0.0766. The average Bonchev–Trinajstić information content (AvgIpc) is 3.14. The summed E-state index contributed by atoms with van der Waals surface area (Å²) >= 11 is 0. The van der Waals surface area contributed by atoms with Crippen LogP contribution in [0.3, 0.4) is 0 Å². The number of hydrogen-bond donors (Lipinski definition) is 0. The maximum atomic E-state index is 5.59. The second kappa shape index (κ2) is 49.5. The van der Waals surface area contributed by atoms with E-state index in [9.17, 15) is 0 Å². The van der Waals surface area contributed by atoms with Gasteiger partial charge in [-0.25, -0.2) is 0 Å². The van der Waals surface area contributed by atoms with Crippen LogP contribution in [0, 0.1) is 0 Å². The van der Waals surface area contributed by atoms with Crippen molar-refractivity contribution in [1.29, 1.82) is 0 Å². The average molecular weight is 743 g/mol. The molecule has 0 aromatic carbocycles. The number of hydrogen-bond acceptors (Lipinski definition) is 13. The molecule has 0 heterocycles. The van der Waals surface area contributed by atoms with Gasteiger partial charge in [0.15, 0.2) is 0 Å². The minimum atomic E-state index is 0.517. The van der Waals surface area contributed by atoms with Gasteiger partial charge in [0.2, 0.25) is 0 Å². The number of rotatable bonds is 48. The molecule has 308 valence electrons. The molecule has 0 atom stereocenters. The third kappa shape index (κ3) is 49.5. The summed E-state index contributed by atoms with van der Waals surface area (Å²) in [5.74, 6) is 0. The van der Waals surface area contributed by atoms with Crippen molar-refractivity contribution in [2.75, 3.05) is 172 Å². The molecule has 0 aliphatic heterocycles. The highest BCUT2D eigenvalue weighted by atomic mass is 16.6. The Morgan fingerprint density at radius 2 is 0.294 bits per heavy atom. The van der Waals surface area contributed by atoms with Crippen LogP contribution in [0.25, 0.3) is 0 Å². The highest BCUT2D eigenvalue weighted by molar-refractivity contribution is 4.44. The summed E-state index contributed by atoms with van der Waals surface area (Å²) in [5.41, 5.74) is 0. The van der Waals surface area contributed by atoms with E-state index >= 15 is 0 Å². The predicted octanol–water partition coefficient (Wildman–Crippen LogP) is 5.14. The van der Waals surface area contributed by atoms with Crippen LogP contribution >= 0.6 is 0 Å². The molecule has 0 spiro atoms. The van der Waals surface area contributed by atoms with Crippen LogP contribution in [-0.2, 0) is 61.6 Å². The molecule has 51 heavy (non-hydrogen) atoms. The standard InChI is InChI=1S/C38H78O13/c1-3-5-7-9-10-12-14-40-16-18-42-20-22-44-24-26-46-28-30-48-32-34-50-36-38-51-37-35-49-33-31-47-29-27-45-25-23-43-21-19-41-17-15-39-13-11-8-6-4-2/h3-38H2,1-2H3. The lowest BCUT2D eigenvalue weighted by Crippen LogP contribution is -2.15. The SMILES string of the molecule is CCCCCCCCOCCOCCOCCOCCOCCOCCOCCOCCOCCOCCOCCOCCOCCCCCC. The molecule has 0 fully saturated rings. The smallest absolute Gasteiger partial charge is 0.0701 e. The third-order valence-corrected chi connectivity index (χ3v) is 7.25. The Hall–Kier alpha value is -0.520. The van der Waals surface area contributed by atoms with E-state index in [0.29, 0.717) is 159 Å². The van der Waals surface area contributed by atoms with Gasteiger partial charge in [0.05, 0.1) is 159 Å². The molecular weight excluding hydrogens is 664 g/mol. The van der Waals surface area contributed by atoms with Crippen molar-refractivity contribution in [3.63, 3.8) is 0 Å². The van der Waals surface area contributed by atoms with Crippen molar-refractivity contribution >= 4 is 0 Å². The van der Waals surface area contributed by atoms with Gasteiger partial charge in [-0.05, 0) is 12.8 Å². The molecule has 0 amide bonds. The number of ether oxygens (including phenoxy) is 13. The van der Waals surface area contributed by atoms with E-state index in [1.807, 2.05) is 0 Å². The fourth-order valence-corrected chi connectivity index (χ4v) is 4.36. The summed E-state index contributed by atoms with van der Waals surface area (Å²) < 4.78 is 71.6. The minimum absolute atomic E-state index is 0.517. The summed E-state index contributed by atoms with van der Waals surface area (Å²) in [4.78, 5) is 0. The van der Waals surface area contributed by atoms with Gasteiger partial charge in [-0.3, -0.25) is 0 Å². The molecule has 0 unspecified atom stereocenters. The van der Waals surface area contributed by atoms with E-state index in [1.165, 1.54) is 51.4 Å². The molecule has 0 aliphatic rings. The summed E-state index contributed by atoms with van der Waals surface area (Å²) in [7, 11) is 0. The zero-order valence-corrected chi connectivity index (χ0v) is 32.8. The molecule has 0 aromatic rings. The molecule has 0 aromatic heterocycles. The van der Waals surface area contributed by atoms with Crippen molar-refractivity contribution in [2.45, 2.75) is 78.1 Å². The Morgan fingerprint density at radius 1 is 0.157 bits per heavy atom. The first kappa shape index (κ1) is 50.5. The van der Waals surface area contributed by atoms with E-state index in [1.54, 1.807) is 0 Å². The fraction of sp³-hybridized carbons (Fsp3) is 1.00. The number of unbranched alkanes of at least 4 members (excludes halogenated alkanes) is 8. The Kier molecular flexibility index (Phi) is 49.0. The highest BCUT2D eigenvalue weighted by Crippen LogP contribution is 2.04. The molecule has 0 bridgehead atoms. The van der Waals surface area contributed by atoms with E-state index in [2.05, 4.69) is 13.8 Å². The van der Waals surface area contributed by atoms with Crippen molar-refractivity contribution in [3.8, 4) is 0 Å². The second-order valence-electron chi connectivity index (χ2n) is 11.8. The second-order valence-corrected chi connectivity index (χ2v) is 11.8. The van der Waals surface area contributed by atoms with Crippen LogP contribution in [0.1, 0.15) is 78.1 Å².